The zero-order valence-corrected chi connectivity index (χ0v) is 18.3. The minimum Gasteiger partial charge on any atom is -0.451 e. The first-order valence-electron chi connectivity index (χ1n) is 10.5. The lowest BCUT2D eigenvalue weighted by atomic mass is 9.87. The van der Waals surface area contributed by atoms with Gasteiger partial charge in [-0.25, -0.2) is 4.79 Å². The number of nitriles is 1. The summed E-state index contributed by atoms with van der Waals surface area (Å²) >= 11 is 0. The average molecular weight is 400 g/mol. The summed E-state index contributed by atoms with van der Waals surface area (Å²) in [4.78, 5) is 26.5. The Hall–Kier alpha value is -2.55. The van der Waals surface area contributed by atoms with Crippen LogP contribution in [0.15, 0.2) is 11.6 Å². The highest BCUT2D eigenvalue weighted by Gasteiger charge is 2.25. The van der Waals surface area contributed by atoms with Gasteiger partial charge in [0.05, 0.1) is 0 Å². The summed E-state index contributed by atoms with van der Waals surface area (Å²) in [6.07, 6.45) is 6.73. The van der Waals surface area contributed by atoms with Gasteiger partial charge in [-0.15, -0.1) is 0 Å². The Morgan fingerprint density at radius 1 is 1.31 bits per heavy atom. The lowest BCUT2D eigenvalue weighted by molar-refractivity contribution is -0.149. The van der Waals surface area contributed by atoms with Crippen molar-refractivity contribution in [3.05, 3.63) is 28.6 Å². The first-order valence-corrected chi connectivity index (χ1v) is 10.5. The van der Waals surface area contributed by atoms with Crippen molar-refractivity contribution in [2.75, 3.05) is 13.7 Å². The predicted octanol–water partition coefficient (Wildman–Crippen LogP) is 4.00. The lowest BCUT2D eigenvalue weighted by Gasteiger charge is -2.33. The van der Waals surface area contributed by atoms with Crippen LogP contribution < -0.4 is 0 Å². The molecule has 0 atom stereocenters. The molecule has 1 aromatic heterocycles. The SMILES string of the molecule is CCCn1c(C)cc(/C=C(\C#N)C(=O)OCC(=O)N(C)C2CCC(C)CC2)c1C. The van der Waals surface area contributed by atoms with Crippen molar-refractivity contribution in [3.63, 3.8) is 0 Å². The van der Waals surface area contributed by atoms with Crippen molar-refractivity contribution < 1.29 is 14.3 Å². The molecule has 6 nitrogen and oxygen atoms in total. The normalized spacial score (nSPS) is 19.5. The Labute approximate surface area is 174 Å². The van der Waals surface area contributed by atoms with Gasteiger partial charge in [0.2, 0.25) is 0 Å². The number of carbonyl (C=O) groups excluding carboxylic acids is 2. The van der Waals surface area contributed by atoms with E-state index in [0.29, 0.717) is 5.92 Å². The van der Waals surface area contributed by atoms with Crippen LogP contribution in [0, 0.1) is 31.1 Å². The molecule has 0 unspecified atom stereocenters. The highest BCUT2D eigenvalue weighted by molar-refractivity contribution is 5.99. The minimum atomic E-state index is -0.758. The number of likely N-dealkylation sites (N-methyl/N-ethyl adjacent to an activating group) is 1. The van der Waals surface area contributed by atoms with E-state index in [1.807, 2.05) is 26.0 Å². The van der Waals surface area contributed by atoms with Gasteiger partial charge in [-0.05, 0) is 69.6 Å². The fourth-order valence-electron chi connectivity index (χ4n) is 3.97. The molecular weight excluding hydrogens is 366 g/mol. The summed E-state index contributed by atoms with van der Waals surface area (Å²) in [5, 5.41) is 9.41. The Morgan fingerprint density at radius 3 is 2.55 bits per heavy atom. The number of hydrogen-bond donors (Lipinski definition) is 0. The molecule has 0 radical (unpaired) electrons. The molecule has 6 heteroatoms. The number of aryl methyl sites for hydroxylation is 1. The number of ether oxygens (including phenoxy) is 1. The van der Waals surface area contributed by atoms with E-state index in [1.165, 1.54) is 0 Å². The van der Waals surface area contributed by atoms with Gasteiger partial charge in [-0.1, -0.05) is 13.8 Å². The quantitative estimate of drug-likeness (QED) is 0.394. The van der Waals surface area contributed by atoms with Crippen LogP contribution in [0.2, 0.25) is 0 Å². The molecule has 1 aromatic rings. The summed E-state index contributed by atoms with van der Waals surface area (Å²) in [7, 11) is 1.76. The molecule has 1 fully saturated rings. The molecule has 0 N–H and O–H groups in total. The third kappa shape index (κ3) is 5.72. The number of hydrogen-bond acceptors (Lipinski definition) is 4. The standard InChI is InChI=1S/C23H33N3O3/c1-6-11-26-17(3)12-19(18(26)4)13-20(14-24)23(28)29-15-22(27)25(5)21-9-7-16(2)8-10-21/h12-13,16,21H,6-11,15H2,1-5H3/b20-13+. The third-order valence-electron chi connectivity index (χ3n) is 5.95. The summed E-state index contributed by atoms with van der Waals surface area (Å²) in [5.74, 6) is -0.279. The van der Waals surface area contributed by atoms with Crippen LogP contribution in [0.4, 0.5) is 0 Å². The van der Waals surface area contributed by atoms with Gasteiger partial charge in [-0.3, -0.25) is 4.79 Å². The molecule has 0 bridgehead atoms. The molecule has 1 aliphatic rings. The first-order chi connectivity index (χ1) is 13.8. The van der Waals surface area contributed by atoms with Crippen molar-refractivity contribution in [2.24, 2.45) is 5.92 Å². The van der Waals surface area contributed by atoms with E-state index in [4.69, 9.17) is 4.74 Å². The monoisotopic (exact) mass is 399 g/mol. The molecule has 1 heterocycles. The molecule has 1 saturated carbocycles. The van der Waals surface area contributed by atoms with Gasteiger partial charge in [0.25, 0.3) is 5.91 Å². The Morgan fingerprint density at radius 2 is 1.97 bits per heavy atom. The maximum atomic E-state index is 12.4. The number of carbonyl (C=O) groups is 2. The predicted molar refractivity (Wildman–Crippen MR) is 113 cm³/mol. The molecule has 1 aliphatic carbocycles. The molecule has 29 heavy (non-hydrogen) atoms. The molecule has 2 rings (SSSR count). The second-order valence-electron chi connectivity index (χ2n) is 8.14. The molecule has 0 saturated heterocycles. The van der Waals surface area contributed by atoms with Crippen molar-refractivity contribution >= 4 is 18.0 Å². The molecule has 0 aromatic carbocycles. The largest absolute Gasteiger partial charge is 0.451 e. The summed E-state index contributed by atoms with van der Waals surface area (Å²) in [6.45, 7) is 8.86. The van der Waals surface area contributed by atoms with E-state index >= 15 is 0 Å². The summed E-state index contributed by atoms with van der Waals surface area (Å²) < 4.78 is 7.32. The van der Waals surface area contributed by atoms with Crippen LogP contribution in [-0.2, 0) is 20.9 Å². The highest BCUT2D eigenvalue weighted by atomic mass is 16.5. The average Bonchev–Trinajstić information content (AvgIpc) is 2.97. The second-order valence-corrected chi connectivity index (χ2v) is 8.14. The van der Waals surface area contributed by atoms with Crippen LogP contribution >= 0.6 is 0 Å². The zero-order valence-electron chi connectivity index (χ0n) is 18.3. The molecule has 1 amide bonds. The fourth-order valence-corrected chi connectivity index (χ4v) is 3.97. The first kappa shape index (κ1) is 22.7. The van der Waals surface area contributed by atoms with Crippen molar-refractivity contribution in [3.8, 4) is 6.07 Å². The van der Waals surface area contributed by atoms with Crippen LogP contribution in [0.25, 0.3) is 6.08 Å². The number of esters is 1. The Balaban J connectivity index is 1.99. The molecular formula is C23H33N3O3. The molecule has 0 spiro atoms. The molecule has 158 valence electrons. The van der Waals surface area contributed by atoms with Gasteiger partial charge in [0, 0.05) is 31.0 Å². The number of rotatable bonds is 7. The lowest BCUT2D eigenvalue weighted by Crippen LogP contribution is -2.41. The number of nitrogens with zero attached hydrogens (tertiary/aromatic N) is 3. The van der Waals surface area contributed by atoms with Crippen LogP contribution in [0.5, 0.6) is 0 Å². The van der Waals surface area contributed by atoms with Crippen molar-refractivity contribution in [1.29, 1.82) is 5.26 Å². The Bertz CT molecular complexity index is 808. The highest BCUT2D eigenvalue weighted by Crippen LogP contribution is 2.26. The summed E-state index contributed by atoms with van der Waals surface area (Å²) in [5.41, 5.74) is 2.82. The summed E-state index contributed by atoms with van der Waals surface area (Å²) in [6, 6.07) is 4.07. The van der Waals surface area contributed by atoms with Crippen LogP contribution in [0.3, 0.4) is 0 Å². The third-order valence-corrected chi connectivity index (χ3v) is 5.95. The van der Waals surface area contributed by atoms with Crippen LogP contribution in [0.1, 0.15) is 62.9 Å². The molecule has 0 aliphatic heterocycles. The van der Waals surface area contributed by atoms with Gasteiger partial charge < -0.3 is 14.2 Å². The van der Waals surface area contributed by atoms with Gasteiger partial charge in [0.15, 0.2) is 6.61 Å². The van der Waals surface area contributed by atoms with E-state index in [-0.39, 0.29) is 24.1 Å². The van der Waals surface area contributed by atoms with Gasteiger partial charge >= 0.3 is 5.97 Å². The van der Waals surface area contributed by atoms with Gasteiger partial charge in [0.1, 0.15) is 11.6 Å². The van der Waals surface area contributed by atoms with E-state index in [2.05, 4.69) is 18.4 Å². The number of amides is 1. The van der Waals surface area contributed by atoms with E-state index in [0.717, 1.165) is 55.6 Å². The van der Waals surface area contributed by atoms with Crippen LogP contribution in [-0.4, -0.2) is 41.0 Å². The van der Waals surface area contributed by atoms with Crippen molar-refractivity contribution in [2.45, 2.75) is 72.4 Å². The topological polar surface area (TPSA) is 75.3 Å². The van der Waals surface area contributed by atoms with E-state index in [1.54, 1.807) is 18.0 Å². The second kappa shape index (κ2) is 10.3. The number of aromatic nitrogens is 1. The zero-order chi connectivity index (χ0) is 21.6. The van der Waals surface area contributed by atoms with E-state index < -0.39 is 5.97 Å². The maximum absolute atomic E-state index is 12.4. The van der Waals surface area contributed by atoms with Crippen molar-refractivity contribution in [1.82, 2.24) is 9.47 Å². The van der Waals surface area contributed by atoms with E-state index in [9.17, 15) is 14.9 Å². The maximum Gasteiger partial charge on any atom is 0.349 e. The fraction of sp³-hybridized carbons (Fsp3) is 0.609. The smallest absolute Gasteiger partial charge is 0.349 e. The van der Waals surface area contributed by atoms with Gasteiger partial charge in [-0.2, -0.15) is 5.26 Å². The minimum absolute atomic E-state index is 0.0938. The Kier molecular flexibility index (Phi) is 8.07.